The van der Waals surface area contributed by atoms with Gasteiger partial charge in [-0.25, -0.2) is 0 Å². The fourth-order valence-electron chi connectivity index (χ4n) is 1.37. The Morgan fingerprint density at radius 1 is 1.55 bits per heavy atom. The van der Waals surface area contributed by atoms with Crippen molar-refractivity contribution in [1.82, 2.24) is 5.32 Å². The van der Waals surface area contributed by atoms with Crippen molar-refractivity contribution < 1.29 is 0 Å². The summed E-state index contributed by atoms with van der Waals surface area (Å²) < 4.78 is 0. The Balaban J connectivity index is 1.86. The van der Waals surface area contributed by atoms with E-state index in [1.54, 1.807) is 0 Å². The van der Waals surface area contributed by atoms with Gasteiger partial charge in [-0.2, -0.15) is 11.8 Å². The predicted molar refractivity (Wildman–Crippen MR) is 53.3 cm³/mol. The van der Waals surface area contributed by atoms with E-state index in [4.69, 9.17) is 0 Å². The van der Waals surface area contributed by atoms with Gasteiger partial charge in [0.1, 0.15) is 0 Å². The molecule has 0 spiro atoms. The van der Waals surface area contributed by atoms with Gasteiger partial charge < -0.3 is 5.32 Å². The van der Waals surface area contributed by atoms with Crippen LogP contribution in [0.2, 0.25) is 0 Å². The van der Waals surface area contributed by atoms with Crippen LogP contribution >= 0.6 is 11.8 Å². The fraction of sp³-hybridized carbons (Fsp3) is 1.00. The van der Waals surface area contributed by atoms with E-state index >= 15 is 0 Å². The average molecular weight is 173 g/mol. The summed E-state index contributed by atoms with van der Waals surface area (Å²) in [5, 5.41) is 3.51. The van der Waals surface area contributed by atoms with Crippen molar-refractivity contribution in [3.8, 4) is 0 Å². The minimum atomic E-state index is 0.830. The highest BCUT2D eigenvalue weighted by Gasteiger charge is 2.12. The quantitative estimate of drug-likeness (QED) is 0.640. The lowest BCUT2D eigenvalue weighted by Gasteiger charge is -2.08. The van der Waals surface area contributed by atoms with E-state index in [0.29, 0.717) is 0 Å². The van der Waals surface area contributed by atoms with E-state index < -0.39 is 0 Å². The second-order valence-electron chi connectivity index (χ2n) is 3.22. The second-order valence-corrected chi connectivity index (χ2v) is 4.37. The number of unbranched alkanes of at least 4 members (excludes halogenated alkanes) is 1. The highest BCUT2D eigenvalue weighted by molar-refractivity contribution is 7.99. The maximum Gasteiger partial charge on any atom is 0.0158 e. The van der Waals surface area contributed by atoms with Gasteiger partial charge in [-0.1, -0.05) is 13.3 Å². The van der Waals surface area contributed by atoms with E-state index in [1.165, 1.54) is 43.7 Å². The second kappa shape index (κ2) is 5.90. The van der Waals surface area contributed by atoms with Crippen LogP contribution in [0, 0.1) is 0 Å². The van der Waals surface area contributed by atoms with Gasteiger partial charge in [-0.15, -0.1) is 0 Å². The molecule has 1 N–H and O–H groups in total. The van der Waals surface area contributed by atoms with Crippen LogP contribution in [0.4, 0.5) is 0 Å². The van der Waals surface area contributed by atoms with Crippen molar-refractivity contribution in [3.63, 3.8) is 0 Å². The number of hydrogen-bond acceptors (Lipinski definition) is 2. The van der Waals surface area contributed by atoms with Gasteiger partial charge in [0.2, 0.25) is 0 Å². The highest BCUT2D eigenvalue weighted by Crippen LogP contribution is 2.12. The van der Waals surface area contributed by atoms with Gasteiger partial charge >= 0.3 is 0 Å². The first kappa shape index (κ1) is 9.40. The molecule has 1 atom stereocenters. The molecule has 0 aromatic rings. The Morgan fingerprint density at radius 2 is 2.45 bits per heavy atom. The zero-order valence-electron chi connectivity index (χ0n) is 7.44. The summed E-state index contributed by atoms with van der Waals surface area (Å²) in [7, 11) is 0. The highest BCUT2D eigenvalue weighted by atomic mass is 32.2. The standard InChI is InChI=1S/C9H19NS/c1-2-3-7-11-8-9-5-4-6-10-9/h9-10H,2-8H2,1H3. The minimum absolute atomic E-state index is 0.830. The Bertz CT molecular complexity index is 89.6. The number of rotatable bonds is 5. The van der Waals surface area contributed by atoms with E-state index in [0.717, 1.165) is 6.04 Å². The lowest BCUT2D eigenvalue weighted by molar-refractivity contribution is 0.673. The zero-order chi connectivity index (χ0) is 7.94. The molecule has 0 bridgehead atoms. The van der Waals surface area contributed by atoms with Crippen LogP contribution in [-0.4, -0.2) is 24.1 Å². The first-order chi connectivity index (χ1) is 5.43. The van der Waals surface area contributed by atoms with Crippen molar-refractivity contribution in [1.29, 1.82) is 0 Å². The molecule has 1 nitrogen and oxygen atoms in total. The van der Waals surface area contributed by atoms with E-state index in [9.17, 15) is 0 Å². The van der Waals surface area contributed by atoms with Crippen molar-refractivity contribution >= 4 is 11.8 Å². The van der Waals surface area contributed by atoms with Crippen LogP contribution in [0.25, 0.3) is 0 Å². The van der Waals surface area contributed by atoms with E-state index in [2.05, 4.69) is 24.0 Å². The predicted octanol–water partition coefficient (Wildman–Crippen LogP) is 2.27. The molecule has 66 valence electrons. The summed E-state index contributed by atoms with van der Waals surface area (Å²) in [5.74, 6) is 2.69. The molecule has 1 rings (SSSR count). The normalized spacial score (nSPS) is 24.3. The number of hydrogen-bond donors (Lipinski definition) is 1. The van der Waals surface area contributed by atoms with Gasteiger partial charge in [0.15, 0.2) is 0 Å². The third kappa shape index (κ3) is 4.02. The molecule has 0 amide bonds. The molecule has 0 aliphatic carbocycles. The van der Waals surface area contributed by atoms with Crippen molar-refractivity contribution in [3.05, 3.63) is 0 Å². The zero-order valence-corrected chi connectivity index (χ0v) is 8.25. The van der Waals surface area contributed by atoms with E-state index in [-0.39, 0.29) is 0 Å². The lowest BCUT2D eigenvalue weighted by atomic mass is 10.3. The van der Waals surface area contributed by atoms with Gasteiger partial charge in [-0.05, 0) is 31.6 Å². The lowest BCUT2D eigenvalue weighted by Crippen LogP contribution is -2.23. The summed E-state index contributed by atoms with van der Waals surface area (Å²) in [6, 6.07) is 0.830. The van der Waals surface area contributed by atoms with E-state index in [1.807, 2.05) is 0 Å². The van der Waals surface area contributed by atoms with Crippen LogP contribution in [-0.2, 0) is 0 Å². The average Bonchev–Trinajstić information content (AvgIpc) is 2.50. The van der Waals surface area contributed by atoms with Gasteiger partial charge in [0, 0.05) is 11.8 Å². The molecule has 0 aromatic carbocycles. The molecule has 0 saturated carbocycles. The number of thioether (sulfide) groups is 1. The topological polar surface area (TPSA) is 12.0 Å². The van der Waals surface area contributed by atoms with Crippen LogP contribution in [0.1, 0.15) is 32.6 Å². The maximum absolute atomic E-state index is 3.51. The first-order valence-corrected chi connectivity index (χ1v) is 5.90. The SMILES string of the molecule is CCCCSCC1CCCN1. The third-order valence-corrected chi connectivity index (χ3v) is 3.34. The molecular formula is C9H19NS. The largest absolute Gasteiger partial charge is 0.313 e. The van der Waals surface area contributed by atoms with Gasteiger partial charge in [-0.3, -0.25) is 0 Å². The van der Waals surface area contributed by atoms with Gasteiger partial charge in [0.25, 0.3) is 0 Å². The summed E-state index contributed by atoms with van der Waals surface area (Å²) >= 11 is 2.11. The Hall–Kier alpha value is 0.310. The summed E-state index contributed by atoms with van der Waals surface area (Å²) in [4.78, 5) is 0. The molecule has 1 aliphatic rings. The monoisotopic (exact) mass is 173 g/mol. The van der Waals surface area contributed by atoms with Crippen molar-refractivity contribution in [2.24, 2.45) is 0 Å². The molecule has 1 heterocycles. The molecule has 1 aliphatic heterocycles. The van der Waals surface area contributed by atoms with Crippen LogP contribution in [0.15, 0.2) is 0 Å². The first-order valence-electron chi connectivity index (χ1n) is 4.74. The summed E-state index contributed by atoms with van der Waals surface area (Å²) in [6.07, 6.45) is 5.51. The molecule has 2 heteroatoms. The molecular weight excluding hydrogens is 154 g/mol. The van der Waals surface area contributed by atoms with Crippen molar-refractivity contribution in [2.45, 2.75) is 38.6 Å². The fourth-order valence-corrected chi connectivity index (χ4v) is 2.60. The van der Waals surface area contributed by atoms with Gasteiger partial charge in [0.05, 0.1) is 0 Å². The molecule has 11 heavy (non-hydrogen) atoms. The Kier molecular flexibility index (Phi) is 5.04. The third-order valence-electron chi connectivity index (χ3n) is 2.12. The molecule has 1 saturated heterocycles. The summed E-state index contributed by atoms with van der Waals surface area (Å²) in [6.45, 7) is 3.51. The molecule has 1 fully saturated rings. The Morgan fingerprint density at radius 3 is 3.09 bits per heavy atom. The molecule has 1 unspecified atom stereocenters. The van der Waals surface area contributed by atoms with Crippen LogP contribution in [0.5, 0.6) is 0 Å². The maximum atomic E-state index is 3.51. The molecule has 0 aromatic heterocycles. The summed E-state index contributed by atoms with van der Waals surface area (Å²) in [5.41, 5.74) is 0. The van der Waals surface area contributed by atoms with Crippen molar-refractivity contribution in [2.75, 3.05) is 18.1 Å². The van der Waals surface area contributed by atoms with Crippen LogP contribution < -0.4 is 5.32 Å². The Labute approximate surface area is 74.3 Å². The molecule has 0 radical (unpaired) electrons. The minimum Gasteiger partial charge on any atom is -0.313 e. The van der Waals surface area contributed by atoms with Crippen LogP contribution in [0.3, 0.4) is 0 Å². The number of nitrogens with one attached hydrogen (secondary N) is 1. The smallest absolute Gasteiger partial charge is 0.0158 e.